The average molecular weight is 284 g/mol. The third-order valence-electron chi connectivity index (χ3n) is 5.23. The summed E-state index contributed by atoms with van der Waals surface area (Å²) in [6.07, 6.45) is 8.09. The van der Waals surface area contributed by atoms with Gasteiger partial charge in [0.05, 0.1) is 13.2 Å². The molecule has 0 atom stereocenters. The van der Waals surface area contributed by atoms with Gasteiger partial charge in [0.25, 0.3) is 0 Å². The molecule has 20 heavy (non-hydrogen) atoms. The fourth-order valence-corrected chi connectivity index (χ4v) is 3.75. The maximum absolute atomic E-state index is 8.96. The molecule has 2 fully saturated rings. The second-order valence-corrected chi connectivity index (χ2v) is 6.59. The summed E-state index contributed by atoms with van der Waals surface area (Å²) in [6.45, 7) is 7.04. The summed E-state index contributed by atoms with van der Waals surface area (Å²) in [5, 5.41) is 17.9. The van der Waals surface area contributed by atoms with Crippen LogP contribution in [0.1, 0.15) is 38.5 Å². The largest absolute Gasteiger partial charge is 0.395 e. The Morgan fingerprint density at radius 1 is 0.650 bits per heavy atom. The summed E-state index contributed by atoms with van der Waals surface area (Å²) in [5.74, 6) is 1.83. The SMILES string of the molecule is OCCN1CCC(CCC2CCN(CCO)CC2)CC1. The van der Waals surface area contributed by atoms with Gasteiger partial charge in [-0.3, -0.25) is 0 Å². The van der Waals surface area contributed by atoms with Gasteiger partial charge in [0, 0.05) is 13.1 Å². The van der Waals surface area contributed by atoms with Crippen LogP contribution in [0.3, 0.4) is 0 Å². The summed E-state index contributed by atoms with van der Waals surface area (Å²) < 4.78 is 0. The minimum absolute atomic E-state index is 0.303. The molecule has 0 saturated carbocycles. The maximum atomic E-state index is 8.96. The predicted molar refractivity (Wildman–Crippen MR) is 81.7 cm³/mol. The van der Waals surface area contributed by atoms with Crippen molar-refractivity contribution >= 4 is 0 Å². The van der Waals surface area contributed by atoms with E-state index in [9.17, 15) is 0 Å². The molecule has 0 aromatic heterocycles. The number of rotatable bonds is 7. The first-order chi connectivity index (χ1) is 9.81. The number of piperidine rings is 2. The summed E-state index contributed by atoms with van der Waals surface area (Å²) in [5.41, 5.74) is 0. The van der Waals surface area contributed by atoms with Crippen LogP contribution in [-0.4, -0.2) is 72.5 Å². The lowest BCUT2D eigenvalue weighted by Crippen LogP contribution is -2.37. The molecule has 0 aromatic carbocycles. The van der Waals surface area contributed by atoms with Crippen molar-refractivity contribution in [2.75, 3.05) is 52.5 Å². The van der Waals surface area contributed by atoms with Crippen LogP contribution in [0.4, 0.5) is 0 Å². The number of β-amino-alcohol motifs (C(OH)–C–C–N with tert-alkyl or cyclic N) is 2. The molecule has 0 aliphatic carbocycles. The molecule has 2 aliphatic heterocycles. The molecule has 118 valence electrons. The van der Waals surface area contributed by atoms with Crippen LogP contribution in [0.25, 0.3) is 0 Å². The van der Waals surface area contributed by atoms with E-state index in [1.54, 1.807) is 0 Å². The minimum Gasteiger partial charge on any atom is -0.395 e. The molecule has 2 heterocycles. The van der Waals surface area contributed by atoms with Gasteiger partial charge < -0.3 is 20.0 Å². The lowest BCUT2D eigenvalue weighted by atomic mass is 9.85. The monoisotopic (exact) mass is 284 g/mol. The highest BCUT2D eigenvalue weighted by Crippen LogP contribution is 2.28. The molecule has 2 saturated heterocycles. The first-order valence-corrected chi connectivity index (χ1v) is 8.48. The van der Waals surface area contributed by atoms with Crippen LogP contribution in [0.15, 0.2) is 0 Å². The van der Waals surface area contributed by atoms with E-state index in [0.717, 1.165) is 24.9 Å². The smallest absolute Gasteiger partial charge is 0.0558 e. The van der Waals surface area contributed by atoms with Gasteiger partial charge in [-0.2, -0.15) is 0 Å². The molecule has 0 amide bonds. The third-order valence-corrected chi connectivity index (χ3v) is 5.23. The third kappa shape index (κ3) is 5.32. The number of aliphatic hydroxyl groups excluding tert-OH is 2. The van der Waals surface area contributed by atoms with Crippen molar-refractivity contribution in [1.29, 1.82) is 0 Å². The molecule has 0 spiro atoms. The fraction of sp³-hybridized carbons (Fsp3) is 1.00. The van der Waals surface area contributed by atoms with Crippen molar-refractivity contribution in [3.8, 4) is 0 Å². The Kier molecular flexibility index (Phi) is 7.28. The molecule has 2 rings (SSSR count). The van der Waals surface area contributed by atoms with Crippen molar-refractivity contribution in [3.05, 3.63) is 0 Å². The summed E-state index contributed by atoms with van der Waals surface area (Å²) >= 11 is 0. The van der Waals surface area contributed by atoms with E-state index < -0.39 is 0 Å². The topological polar surface area (TPSA) is 46.9 Å². The van der Waals surface area contributed by atoms with E-state index in [4.69, 9.17) is 10.2 Å². The Morgan fingerprint density at radius 3 is 1.30 bits per heavy atom. The molecule has 4 heteroatoms. The van der Waals surface area contributed by atoms with Crippen LogP contribution in [-0.2, 0) is 0 Å². The number of aliphatic hydroxyl groups is 2. The van der Waals surface area contributed by atoms with Crippen LogP contribution >= 0.6 is 0 Å². The average Bonchev–Trinajstić information content (AvgIpc) is 2.49. The number of likely N-dealkylation sites (tertiary alicyclic amines) is 2. The zero-order chi connectivity index (χ0) is 14.2. The zero-order valence-electron chi connectivity index (χ0n) is 12.8. The van der Waals surface area contributed by atoms with Crippen LogP contribution in [0.2, 0.25) is 0 Å². The van der Waals surface area contributed by atoms with E-state index in [0.29, 0.717) is 13.2 Å². The number of nitrogens with zero attached hydrogens (tertiary/aromatic N) is 2. The van der Waals surface area contributed by atoms with E-state index >= 15 is 0 Å². The summed E-state index contributed by atoms with van der Waals surface area (Å²) in [6, 6.07) is 0. The van der Waals surface area contributed by atoms with Crippen LogP contribution in [0.5, 0.6) is 0 Å². The molecule has 0 aromatic rings. The van der Waals surface area contributed by atoms with E-state index in [1.165, 1.54) is 64.7 Å². The Morgan fingerprint density at radius 2 is 1.00 bits per heavy atom. The highest BCUT2D eigenvalue weighted by molar-refractivity contribution is 4.76. The standard InChI is InChI=1S/C16H32N2O2/c19-13-11-17-7-3-15(4-8-17)1-2-16-5-9-18(10-6-16)12-14-20/h15-16,19-20H,1-14H2. The first-order valence-electron chi connectivity index (χ1n) is 8.48. The Balaban J connectivity index is 1.55. The summed E-state index contributed by atoms with van der Waals surface area (Å²) in [7, 11) is 0. The van der Waals surface area contributed by atoms with Gasteiger partial charge in [-0.05, 0) is 63.7 Å². The van der Waals surface area contributed by atoms with Gasteiger partial charge in [0.2, 0.25) is 0 Å². The molecule has 0 bridgehead atoms. The van der Waals surface area contributed by atoms with Crippen molar-refractivity contribution in [1.82, 2.24) is 9.80 Å². The highest BCUT2D eigenvalue weighted by atomic mass is 16.3. The lowest BCUT2D eigenvalue weighted by Gasteiger charge is -2.34. The highest BCUT2D eigenvalue weighted by Gasteiger charge is 2.22. The van der Waals surface area contributed by atoms with Gasteiger partial charge in [-0.1, -0.05) is 12.8 Å². The second-order valence-electron chi connectivity index (χ2n) is 6.59. The Bertz CT molecular complexity index is 221. The molecule has 2 N–H and O–H groups in total. The minimum atomic E-state index is 0.303. The van der Waals surface area contributed by atoms with E-state index in [2.05, 4.69) is 9.80 Å². The van der Waals surface area contributed by atoms with Gasteiger partial charge in [0.15, 0.2) is 0 Å². The number of hydrogen-bond acceptors (Lipinski definition) is 4. The second kappa shape index (κ2) is 8.98. The Labute approximate surface area is 123 Å². The predicted octanol–water partition coefficient (Wildman–Crippen LogP) is 1.18. The van der Waals surface area contributed by atoms with Crippen molar-refractivity contribution in [3.63, 3.8) is 0 Å². The fourth-order valence-electron chi connectivity index (χ4n) is 3.75. The zero-order valence-corrected chi connectivity index (χ0v) is 12.8. The van der Waals surface area contributed by atoms with Crippen molar-refractivity contribution in [2.24, 2.45) is 11.8 Å². The van der Waals surface area contributed by atoms with Crippen LogP contribution < -0.4 is 0 Å². The first kappa shape index (κ1) is 16.2. The Hall–Kier alpha value is -0.160. The molecular weight excluding hydrogens is 252 g/mol. The molecule has 0 unspecified atom stereocenters. The molecule has 4 nitrogen and oxygen atoms in total. The quantitative estimate of drug-likeness (QED) is 0.737. The van der Waals surface area contributed by atoms with Gasteiger partial charge in [0.1, 0.15) is 0 Å². The van der Waals surface area contributed by atoms with Gasteiger partial charge in [-0.15, -0.1) is 0 Å². The van der Waals surface area contributed by atoms with Crippen molar-refractivity contribution in [2.45, 2.75) is 38.5 Å². The van der Waals surface area contributed by atoms with Gasteiger partial charge >= 0.3 is 0 Å². The lowest BCUT2D eigenvalue weighted by molar-refractivity contribution is 0.126. The van der Waals surface area contributed by atoms with Gasteiger partial charge in [-0.25, -0.2) is 0 Å². The summed E-state index contributed by atoms with van der Waals surface area (Å²) in [4.78, 5) is 4.79. The molecule has 0 radical (unpaired) electrons. The normalized spacial score (nSPS) is 24.3. The van der Waals surface area contributed by atoms with E-state index in [1.807, 2.05) is 0 Å². The molecule has 2 aliphatic rings. The number of hydrogen-bond donors (Lipinski definition) is 2. The van der Waals surface area contributed by atoms with Crippen LogP contribution in [0, 0.1) is 11.8 Å². The van der Waals surface area contributed by atoms with Crippen molar-refractivity contribution < 1.29 is 10.2 Å². The maximum Gasteiger partial charge on any atom is 0.0558 e. The van der Waals surface area contributed by atoms with E-state index in [-0.39, 0.29) is 0 Å². The molecular formula is C16H32N2O2.